The predicted octanol–water partition coefficient (Wildman–Crippen LogP) is 0.125. The van der Waals surface area contributed by atoms with Gasteiger partial charge in [0.05, 0.1) is 0 Å². The maximum Gasteiger partial charge on any atom is 1.00 e. The summed E-state index contributed by atoms with van der Waals surface area (Å²) in [5, 5.41) is 2.52. The van der Waals surface area contributed by atoms with E-state index in [0.717, 1.165) is 5.52 Å². The van der Waals surface area contributed by atoms with Gasteiger partial charge in [-0.25, -0.2) is 0 Å². The third-order valence-corrected chi connectivity index (χ3v) is 2.33. The Morgan fingerprint density at radius 2 is 1.71 bits per heavy atom. The molecule has 1 N–H and O–H groups in total. The van der Waals surface area contributed by atoms with Gasteiger partial charge >= 0.3 is 18.9 Å². The molecule has 62 valence electrons. The first-order valence-corrected chi connectivity index (χ1v) is 4.32. The molecule has 1 aromatic heterocycles. The Morgan fingerprint density at radius 1 is 0.929 bits per heavy atom. The minimum Gasteiger partial charge on any atom is -0.378 e. The second-order valence-electron chi connectivity index (χ2n) is 3.13. The van der Waals surface area contributed by atoms with E-state index in [-0.39, 0.29) is 18.9 Å². The molecular formula is C12H8LiN. The molecule has 0 amide bonds. The summed E-state index contributed by atoms with van der Waals surface area (Å²) in [4.78, 5) is 3.32. The Balaban J connectivity index is 0.000000750. The molecule has 0 unspecified atom stereocenters. The standard InChI is InChI=1S/C12H8N.Li/c1-3-7-11-9(5-1)10-6-2-4-8-12(10)13-11;/h1-7,13H;/q-1;+1. The van der Waals surface area contributed by atoms with Crippen molar-refractivity contribution >= 4 is 21.8 Å². The quantitative estimate of drug-likeness (QED) is 0.367. The summed E-state index contributed by atoms with van der Waals surface area (Å²) >= 11 is 0. The topological polar surface area (TPSA) is 15.8 Å². The molecule has 0 aliphatic carbocycles. The Bertz CT molecular complexity index is 518. The zero-order chi connectivity index (χ0) is 8.67. The molecule has 14 heavy (non-hydrogen) atoms. The largest absolute Gasteiger partial charge is 1.00 e. The molecule has 0 fully saturated rings. The number of hydrogen-bond donors (Lipinski definition) is 1. The van der Waals surface area contributed by atoms with Crippen molar-refractivity contribution in [2.45, 2.75) is 0 Å². The van der Waals surface area contributed by atoms with Crippen LogP contribution >= 0.6 is 0 Å². The fourth-order valence-electron chi connectivity index (χ4n) is 1.73. The molecule has 2 aromatic carbocycles. The fourth-order valence-corrected chi connectivity index (χ4v) is 1.73. The van der Waals surface area contributed by atoms with E-state index in [1.165, 1.54) is 16.3 Å². The van der Waals surface area contributed by atoms with Crippen LogP contribution in [-0.2, 0) is 0 Å². The van der Waals surface area contributed by atoms with E-state index in [0.29, 0.717) is 0 Å². The molecule has 0 saturated heterocycles. The van der Waals surface area contributed by atoms with Gasteiger partial charge in [-0.2, -0.15) is 24.3 Å². The van der Waals surface area contributed by atoms with Gasteiger partial charge in [-0.1, -0.05) is 23.7 Å². The molecule has 1 nitrogen and oxygen atoms in total. The monoisotopic (exact) mass is 173 g/mol. The number of fused-ring (bicyclic) bond motifs is 3. The summed E-state index contributed by atoms with van der Waals surface area (Å²) in [5.74, 6) is 0. The number of para-hydroxylation sites is 2. The van der Waals surface area contributed by atoms with E-state index in [1.54, 1.807) is 0 Å². The van der Waals surface area contributed by atoms with Gasteiger partial charge in [0.15, 0.2) is 0 Å². The number of H-pyrrole nitrogens is 1. The Kier molecular flexibility index (Phi) is 2.37. The van der Waals surface area contributed by atoms with Gasteiger partial charge in [0.1, 0.15) is 0 Å². The summed E-state index contributed by atoms with van der Waals surface area (Å²) in [6.45, 7) is 0. The molecule has 0 aliphatic rings. The second kappa shape index (κ2) is 3.53. The smallest absolute Gasteiger partial charge is 0.378 e. The predicted molar refractivity (Wildman–Crippen MR) is 54.6 cm³/mol. The third-order valence-electron chi connectivity index (χ3n) is 2.33. The van der Waals surface area contributed by atoms with E-state index in [9.17, 15) is 0 Å². The van der Waals surface area contributed by atoms with Crippen molar-refractivity contribution < 1.29 is 18.9 Å². The minimum atomic E-state index is 0. The van der Waals surface area contributed by atoms with Crippen LogP contribution in [0.4, 0.5) is 0 Å². The van der Waals surface area contributed by atoms with Crippen molar-refractivity contribution in [3.63, 3.8) is 0 Å². The van der Waals surface area contributed by atoms with Crippen LogP contribution in [0.3, 0.4) is 0 Å². The van der Waals surface area contributed by atoms with Crippen molar-refractivity contribution in [2.24, 2.45) is 0 Å². The maximum absolute atomic E-state index is 3.32. The first kappa shape index (κ1) is 9.39. The molecule has 0 atom stereocenters. The van der Waals surface area contributed by atoms with Gasteiger partial charge < -0.3 is 4.98 Å². The maximum atomic E-state index is 3.32. The normalized spacial score (nSPS) is 10.3. The first-order valence-electron chi connectivity index (χ1n) is 4.32. The zero-order valence-corrected chi connectivity index (χ0v) is 8.04. The van der Waals surface area contributed by atoms with Crippen LogP contribution in [-0.4, -0.2) is 4.98 Å². The van der Waals surface area contributed by atoms with Crippen LogP contribution in [0.2, 0.25) is 0 Å². The molecule has 3 rings (SSSR count). The van der Waals surface area contributed by atoms with Crippen molar-refractivity contribution in [1.82, 2.24) is 4.98 Å². The number of aromatic amines is 1. The van der Waals surface area contributed by atoms with Gasteiger partial charge in [-0.15, -0.1) is 5.39 Å². The number of aromatic nitrogens is 1. The van der Waals surface area contributed by atoms with Crippen molar-refractivity contribution in [2.75, 3.05) is 0 Å². The minimum absolute atomic E-state index is 0. The van der Waals surface area contributed by atoms with Gasteiger partial charge in [0, 0.05) is 5.52 Å². The van der Waals surface area contributed by atoms with E-state index >= 15 is 0 Å². The molecule has 0 saturated carbocycles. The Labute approximate surface area is 94.3 Å². The third kappa shape index (κ3) is 1.26. The molecule has 0 aliphatic heterocycles. The van der Waals surface area contributed by atoms with Crippen molar-refractivity contribution in [3.05, 3.63) is 48.5 Å². The van der Waals surface area contributed by atoms with Gasteiger partial charge in [-0.3, -0.25) is 0 Å². The van der Waals surface area contributed by atoms with Crippen LogP contribution in [0.15, 0.2) is 42.5 Å². The van der Waals surface area contributed by atoms with Crippen LogP contribution in [0.5, 0.6) is 0 Å². The summed E-state index contributed by atoms with van der Waals surface area (Å²) < 4.78 is 0. The van der Waals surface area contributed by atoms with Gasteiger partial charge in [-0.05, 0) is 11.5 Å². The average Bonchev–Trinajstić information content (AvgIpc) is 2.56. The Hall–Kier alpha value is -1.16. The van der Waals surface area contributed by atoms with E-state index in [2.05, 4.69) is 35.3 Å². The molecule has 1 heterocycles. The van der Waals surface area contributed by atoms with Crippen molar-refractivity contribution in [3.8, 4) is 0 Å². The molecular weight excluding hydrogens is 165 g/mol. The molecule has 0 spiro atoms. The summed E-state index contributed by atoms with van der Waals surface area (Å²) in [5.41, 5.74) is 2.27. The first-order chi connectivity index (χ1) is 6.45. The number of benzene rings is 2. The molecule has 2 heteroatoms. The molecule has 0 bridgehead atoms. The van der Waals surface area contributed by atoms with Crippen LogP contribution in [0.25, 0.3) is 21.8 Å². The molecule has 0 radical (unpaired) electrons. The number of nitrogens with one attached hydrogen (secondary N) is 1. The van der Waals surface area contributed by atoms with Gasteiger partial charge in [0.25, 0.3) is 0 Å². The SMILES string of the molecule is [Li+].[c-]1cccc2c1[nH]c1ccccc12. The summed E-state index contributed by atoms with van der Waals surface area (Å²) in [7, 11) is 0. The van der Waals surface area contributed by atoms with Gasteiger partial charge in [0.2, 0.25) is 0 Å². The van der Waals surface area contributed by atoms with E-state index < -0.39 is 0 Å². The second-order valence-corrected chi connectivity index (χ2v) is 3.13. The summed E-state index contributed by atoms with van der Waals surface area (Å²) in [6.07, 6.45) is 0. The molecule has 3 aromatic rings. The van der Waals surface area contributed by atoms with E-state index in [1.807, 2.05) is 18.2 Å². The fraction of sp³-hybridized carbons (Fsp3) is 0. The average molecular weight is 173 g/mol. The number of hydrogen-bond acceptors (Lipinski definition) is 0. The Morgan fingerprint density at radius 3 is 2.64 bits per heavy atom. The van der Waals surface area contributed by atoms with Crippen LogP contribution in [0, 0.1) is 6.07 Å². The van der Waals surface area contributed by atoms with Crippen LogP contribution < -0.4 is 18.9 Å². The number of rotatable bonds is 0. The van der Waals surface area contributed by atoms with Crippen molar-refractivity contribution in [1.29, 1.82) is 0 Å². The zero-order valence-electron chi connectivity index (χ0n) is 8.04. The summed E-state index contributed by atoms with van der Waals surface area (Å²) in [6, 6.07) is 17.6. The van der Waals surface area contributed by atoms with Crippen LogP contribution in [0.1, 0.15) is 0 Å². The van der Waals surface area contributed by atoms with E-state index in [4.69, 9.17) is 0 Å².